The average molecular weight is 474 g/mol. The number of fused-ring (bicyclic) bond motifs is 1. The standard InChI is InChI=1S/C22H28FN7O2S/c1-12(14-9-15(23)11-24-10-14)26-20-28-17(18-19(29-20)27-13(2)33-18)16(31)7-6-8-25-21(32)30-22(3,4)5/h9-12H,6-8H2,1-5H3,(H2,25,30,32)(H,26,28,29). The van der Waals surface area contributed by atoms with E-state index in [4.69, 9.17) is 0 Å². The summed E-state index contributed by atoms with van der Waals surface area (Å²) in [6, 6.07) is 0.772. The topological polar surface area (TPSA) is 122 Å². The quantitative estimate of drug-likeness (QED) is 0.332. The molecule has 1 unspecified atom stereocenters. The number of nitrogens with zero attached hydrogens (tertiary/aromatic N) is 4. The van der Waals surface area contributed by atoms with Gasteiger partial charge in [-0.3, -0.25) is 9.78 Å². The summed E-state index contributed by atoms with van der Waals surface area (Å²) in [6.07, 6.45) is 3.37. The number of urea groups is 1. The van der Waals surface area contributed by atoms with Gasteiger partial charge in [0.1, 0.15) is 16.2 Å². The van der Waals surface area contributed by atoms with Crippen molar-refractivity contribution in [2.75, 3.05) is 11.9 Å². The lowest BCUT2D eigenvalue weighted by Crippen LogP contribution is -2.46. The van der Waals surface area contributed by atoms with Gasteiger partial charge in [0.15, 0.2) is 11.4 Å². The highest BCUT2D eigenvalue weighted by atomic mass is 32.1. The number of halogens is 1. The van der Waals surface area contributed by atoms with Gasteiger partial charge in [0.05, 0.1) is 17.2 Å². The number of ketones is 1. The second-order valence-electron chi connectivity index (χ2n) is 8.74. The SMILES string of the molecule is Cc1nc2nc(NC(C)c3cncc(F)c3)nc(C(=O)CCCNC(=O)NC(C)(C)C)c2s1. The molecular formula is C22H28FN7O2S. The van der Waals surface area contributed by atoms with Gasteiger partial charge in [0.2, 0.25) is 5.95 Å². The monoisotopic (exact) mass is 473 g/mol. The molecule has 0 spiro atoms. The van der Waals surface area contributed by atoms with Crippen LogP contribution in [0, 0.1) is 12.7 Å². The second kappa shape index (κ2) is 10.2. The molecule has 0 radical (unpaired) electrons. The molecule has 0 aromatic carbocycles. The second-order valence-corrected chi connectivity index (χ2v) is 9.94. The van der Waals surface area contributed by atoms with Gasteiger partial charge >= 0.3 is 6.03 Å². The number of rotatable bonds is 8. The summed E-state index contributed by atoms with van der Waals surface area (Å²) >= 11 is 1.36. The maximum atomic E-state index is 13.5. The number of amides is 2. The predicted molar refractivity (Wildman–Crippen MR) is 126 cm³/mol. The highest BCUT2D eigenvalue weighted by Gasteiger charge is 2.20. The molecule has 0 aliphatic carbocycles. The molecule has 2 amide bonds. The highest BCUT2D eigenvalue weighted by Crippen LogP contribution is 2.27. The molecule has 176 valence electrons. The number of hydrogen-bond donors (Lipinski definition) is 3. The van der Waals surface area contributed by atoms with Crippen molar-refractivity contribution in [3.05, 3.63) is 40.5 Å². The van der Waals surface area contributed by atoms with Gasteiger partial charge in [-0.2, -0.15) is 4.98 Å². The lowest BCUT2D eigenvalue weighted by Gasteiger charge is -2.20. The van der Waals surface area contributed by atoms with E-state index in [9.17, 15) is 14.0 Å². The molecule has 0 saturated heterocycles. The molecule has 0 aliphatic heterocycles. The number of carbonyl (C=O) groups is 2. The van der Waals surface area contributed by atoms with Crippen molar-refractivity contribution in [2.45, 2.75) is 59.0 Å². The summed E-state index contributed by atoms with van der Waals surface area (Å²) in [5.74, 6) is -0.365. The van der Waals surface area contributed by atoms with Gasteiger partial charge in [-0.05, 0) is 52.7 Å². The molecule has 3 N–H and O–H groups in total. The number of thiazole rings is 1. The molecule has 1 atom stereocenters. The summed E-state index contributed by atoms with van der Waals surface area (Å²) in [4.78, 5) is 42.0. The van der Waals surface area contributed by atoms with Gasteiger partial charge in [-0.15, -0.1) is 11.3 Å². The molecule has 9 nitrogen and oxygen atoms in total. The number of anilines is 1. The van der Waals surface area contributed by atoms with Crippen LogP contribution in [0.5, 0.6) is 0 Å². The third-order valence-corrected chi connectivity index (χ3v) is 5.52. The first-order chi connectivity index (χ1) is 15.5. The van der Waals surface area contributed by atoms with Crippen LogP contribution < -0.4 is 16.0 Å². The minimum atomic E-state index is -0.437. The molecule has 3 aromatic rings. The zero-order chi connectivity index (χ0) is 24.2. The smallest absolute Gasteiger partial charge is 0.315 e. The van der Waals surface area contributed by atoms with Gasteiger partial charge in [0, 0.05) is 24.7 Å². The Morgan fingerprint density at radius 3 is 2.64 bits per heavy atom. The first-order valence-electron chi connectivity index (χ1n) is 10.6. The number of Topliss-reactive ketones (excluding diaryl/α,β-unsaturated/α-hetero) is 1. The van der Waals surface area contributed by atoms with Crippen LogP contribution in [0.4, 0.5) is 15.1 Å². The number of nitrogens with one attached hydrogen (secondary N) is 3. The summed E-state index contributed by atoms with van der Waals surface area (Å²) in [5, 5.41) is 9.44. The lowest BCUT2D eigenvalue weighted by molar-refractivity contribution is 0.0977. The Balaban J connectivity index is 1.71. The summed E-state index contributed by atoms with van der Waals surface area (Å²) in [7, 11) is 0. The Morgan fingerprint density at radius 1 is 1.18 bits per heavy atom. The van der Waals surface area contributed by atoms with Crippen molar-refractivity contribution in [1.82, 2.24) is 30.6 Å². The Morgan fingerprint density at radius 2 is 1.94 bits per heavy atom. The molecule has 0 aliphatic rings. The molecular weight excluding hydrogens is 445 g/mol. The van der Waals surface area contributed by atoms with Crippen molar-refractivity contribution >= 4 is 39.4 Å². The van der Waals surface area contributed by atoms with E-state index < -0.39 is 5.82 Å². The molecule has 11 heteroatoms. The van der Waals surface area contributed by atoms with Crippen molar-refractivity contribution in [3.8, 4) is 0 Å². The van der Waals surface area contributed by atoms with Crippen LogP contribution in [0.3, 0.4) is 0 Å². The Labute approximate surface area is 195 Å². The van der Waals surface area contributed by atoms with Crippen molar-refractivity contribution < 1.29 is 14.0 Å². The van der Waals surface area contributed by atoms with Crippen LogP contribution in [0.2, 0.25) is 0 Å². The fraction of sp³-hybridized carbons (Fsp3) is 0.455. The molecule has 3 heterocycles. The maximum Gasteiger partial charge on any atom is 0.315 e. The third-order valence-electron chi connectivity index (χ3n) is 4.55. The minimum absolute atomic E-state index is 0.160. The van der Waals surface area contributed by atoms with E-state index in [1.165, 1.54) is 17.4 Å². The van der Waals surface area contributed by atoms with Crippen LogP contribution in [0.25, 0.3) is 10.3 Å². The maximum absolute atomic E-state index is 13.5. The number of pyridine rings is 1. The zero-order valence-electron chi connectivity index (χ0n) is 19.3. The van der Waals surface area contributed by atoms with Gasteiger partial charge in [-0.1, -0.05) is 0 Å². The molecule has 0 saturated carbocycles. The van der Waals surface area contributed by atoms with Crippen LogP contribution >= 0.6 is 11.3 Å². The van der Waals surface area contributed by atoms with Crippen LogP contribution in [-0.4, -0.2) is 43.8 Å². The summed E-state index contributed by atoms with van der Waals surface area (Å²) in [6.45, 7) is 9.71. The van der Waals surface area contributed by atoms with E-state index in [0.29, 0.717) is 28.9 Å². The van der Waals surface area contributed by atoms with E-state index in [2.05, 4.69) is 35.9 Å². The van der Waals surface area contributed by atoms with Crippen molar-refractivity contribution in [1.29, 1.82) is 0 Å². The van der Waals surface area contributed by atoms with Gasteiger partial charge < -0.3 is 16.0 Å². The van der Waals surface area contributed by atoms with E-state index in [1.807, 2.05) is 34.6 Å². The number of carbonyl (C=O) groups excluding carboxylic acids is 2. The van der Waals surface area contributed by atoms with Crippen LogP contribution in [0.1, 0.15) is 67.6 Å². The number of aryl methyl sites for hydroxylation is 1. The van der Waals surface area contributed by atoms with E-state index in [0.717, 1.165) is 11.2 Å². The van der Waals surface area contributed by atoms with Crippen molar-refractivity contribution in [2.24, 2.45) is 0 Å². The largest absolute Gasteiger partial charge is 0.348 e. The van der Waals surface area contributed by atoms with Gasteiger partial charge in [-0.25, -0.2) is 19.2 Å². The lowest BCUT2D eigenvalue weighted by atomic mass is 10.1. The number of aromatic nitrogens is 4. The minimum Gasteiger partial charge on any atom is -0.348 e. The first kappa shape index (κ1) is 24.4. The Kier molecular flexibility index (Phi) is 7.52. The Hall–Kier alpha value is -3.21. The molecule has 3 aromatic heterocycles. The number of hydrogen-bond acceptors (Lipinski definition) is 8. The molecule has 0 bridgehead atoms. The molecule has 3 rings (SSSR count). The van der Waals surface area contributed by atoms with Crippen LogP contribution in [-0.2, 0) is 0 Å². The highest BCUT2D eigenvalue weighted by molar-refractivity contribution is 7.18. The van der Waals surface area contributed by atoms with E-state index >= 15 is 0 Å². The van der Waals surface area contributed by atoms with E-state index in [1.54, 1.807) is 6.20 Å². The average Bonchev–Trinajstić information content (AvgIpc) is 3.09. The first-order valence-corrected chi connectivity index (χ1v) is 11.4. The normalized spacial score (nSPS) is 12.4. The zero-order valence-corrected chi connectivity index (χ0v) is 20.1. The molecule has 33 heavy (non-hydrogen) atoms. The van der Waals surface area contributed by atoms with E-state index in [-0.39, 0.29) is 41.5 Å². The van der Waals surface area contributed by atoms with Gasteiger partial charge in [0.25, 0.3) is 0 Å². The fourth-order valence-corrected chi connectivity index (χ4v) is 3.94. The Bertz CT molecular complexity index is 1160. The summed E-state index contributed by atoms with van der Waals surface area (Å²) < 4.78 is 14.1. The fourth-order valence-electron chi connectivity index (χ4n) is 3.08. The third kappa shape index (κ3) is 6.88. The predicted octanol–water partition coefficient (Wildman–Crippen LogP) is 4.16. The summed E-state index contributed by atoms with van der Waals surface area (Å²) in [5.41, 5.74) is 1.02. The van der Waals surface area contributed by atoms with Crippen LogP contribution in [0.15, 0.2) is 18.5 Å². The van der Waals surface area contributed by atoms with Crippen molar-refractivity contribution in [3.63, 3.8) is 0 Å². The molecule has 0 fully saturated rings.